The first kappa shape index (κ1) is 13.5. The third kappa shape index (κ3) is 2.91. The summed E-state index contributed by atoms with van der Waals surface area (Å²) >= 11 is 8.91. The molecule has 18 heavy (non-hydrogen) atoms. The lowest BCUT2D eigenvalue weighted by Gasteiger charge is -2.13. The Balaban J connectivity index is 2.15. The summed E-state index contributed by atoms with van der Waals surface area (Å²) in [6, 6.07) is 3.91. The molecule has 0 N–H and O–H groups in total. The van der Waals surface area contributed by atoms with Crippen LogP contribution in [0.2, 0.25) is 4.34 Å². The Bertz CT molecular complexity index is 550. The molecule has 2 aromatic rings. The van der Waals surface area contributed by atoms with Crippen LogP contribution in [0, 0.1) is 0 Å². The molecule has 0 aliphatic rings. The fourth-order valence-corrected chi connectivity index (χ4v) is 3.67. The van der Waals surface area contributed by atoms with Crippen LogP contribution in [0.15, 0.2) is 12.1 Å². The van der Waals surface area contributed by atoms with Crippen LogP contribution in [-0.4, -0.2) is 18.3 Å². The Labute approximate surface area is 119 Å². The number of carbonyl (C=O) groups excluding carboxylic acids is 1. The molecule has 0 unspecified atom stereocenters. The number of hydrogen-bond acceptors (Lipinski definition) is 5. The molecule has 0 saturated heterocycles. The second-order valence-electron chi connectivity index (χ2n) is 3.84. The first-order valence-corrected chi connectivity index (χ1v) is 7.55. The number of nitrogens with zero attached hydrogens (tertiary/aromatic N) is 2. The number of aldehydes is 1. The van der Waals surface area contributed by atoms with Gasteiger partial charge >= 0.3 is 0 Å². The highest BCUT2D eigenvalue weighted by Crippen LogP contribution is 2.28. The number of aryl methyl sites for hydroxylation is 1. The predicted octanol–water partition coefficient (Wildman–Crippen LogP) is 3.87. The van der Waals surface area contributed by atoms with Crippen LogP contribution in [0.1, 0.15) is 27.2 Å². The van der Waals surface area contributed by atoms with E-state index in [9.17, 15) is 4.79 Å². The van der Waals surface area contributed by atoms with Gasteiger partial charge in [0.1, 0.15) is 0 Å². The Morgan fingerprint density at radius 3 is 2.72 bits per heavy atom. The molecule has 0 radical (unpaired) electrons. The largest absolute Gasteiger partial charge is 0.346 e. The van der Waals surface area contributed by atoms with Crippen molar-refractivity contribution in [3.8, 4) is 0 Å². The van der Waals surface area contributed by atoms with Crippen LogP contribution in [0.4, 0.5) is 5.13 Å². The van der Waals surface area contributed by atoms with Crippen molar-refractivity contribution in [3.05, 3.63) is 31.9 Å². The van der Waals surface area contributed by atoms with Gasteiger partial charge in [-0.05, 0) is 18.6 Å². The van der Waals surface area contributed by atoms with Crippen LogP contribution in [0.25, 0.3) is 0 Å². The first-order valence-electron chi connectivity index (χ1n) is 5.54. The summed E-state index contributed by atoms with van der Waals surface area (Å²) in [6.07, 6.45) is 1.67. The van der Waals surface area contributed by atoms with Gasteiger partial charge in [0.15, 0.2) is 11.4 Å². The fraction of sp³-hybridized carbons (Fsp3) is 0.333. The summed E-state index contributed by atoms with van der Waals surface area (Å²) in [5, 5.41) is 0.874. The quantitative estimate of drug-likeness (QED) is 0.786. The van der Waals surface area contributed by atoms with E-state index in [1.165, 1.54) is 16.2 Å². The van der Waals surface area contributed by atoms with Gasteiger partial charge in [-0.25, -0.2) is 4.98 Å². The molecular weight excluding hydrogens is 288 g/mol. The molecule has 2 heterocycles. The SMILES string of the molecule is CCc1nc(N(C)Cc2ccc(Cl)s2)sc1C=O. The maximum atomic E-state index is 10.9. The summed E-state index contributed by atoms with van der Waals surface area (Å²) in [5.74, 6) is 0. The van der Waals surface area contributed by atoms with E-state index in [0.29, 0.717) is 0 Å². The summed E-state index contributed by atoms with van der Waals surface area (Å²) in [4.78, 5) is 19.4. The molecule has 0 fully saturated rings. The van der Waals surface area contributed by atoms with Gasteiger partial charge in [-0.15, -0.1) is 11.3 Å². The Kier molecular flexibility index (Phi) is 4.37. The summed E-state index contributed by atoms with van der Waals surface area (Å²) in [7, 11) is 1.97. The molecule has 0 amide bonds. The zero-order valence-corrected chi connectivity index (χ0v) is 12.5. The van der Waals surface area contributed by atoms with Gasteiger partial charge in [0, 0.05) is 11.9 Å². The molecule has 0 saturated carbocycles. The first-order chi connectivity index (χ1) is 8.63. The highest BCUT2D eigenvalue weighted by atomic mass is 35.5. The minimum Gasteiger partial charge on any atom is -0.346 e. The van der Waals surface area contributed by atoms with Crippen molar-refractivity contribution in [1.82, 2.24) is 4.98 Å². The number of rotatable bonds is 5. The number of thiazole rings is 1. The van der Waals surface area contributed by atoms with Crippen LogP contribution >= 0.6 is 34.3 Å². The number of hydrogen-bond donors (Lipinski definition) is 0. The van der Waals surface area contributed by atoms with Crippen molar-refractivity contribution < 1.29 is 4.79 Å². The number of aromatic nitrogens is 1. The molecule has 0 aliphatic heterocycles. The van der Waals surface area contributed by atoms with Crippen LogP contribution < -0.4 is 4.90 Å². The topological polar surface area (TPSA) is 33.2 Å². The van der Waals surface area contributed by atoms with Gasteiger partial charge in [0.25, 0.3) is 0 Å². The molecule has 0 atom stereocenters. The molecule has 96 valence electrons. The highest BCUT2D eigenvalue weighted by Gasteiger charge is 2.13. The highest BCUT2D eigenvalue weighted by molar-refractivity contribution is 7.17. The van der Waals surface area contributed by atoms with E-state index in [1.807, 2.05) is 31.0 Å². The van der Waals surface area contributed by atoms with E-state index in [2.05, 4.69) is 4.98 Å². The lowest BCUT2D eigenvalue weighted by atomic mass is 10.3. The molecule has 0 bridgehead atoms. The van der Waals surface area contributed by atoms with Crippen molar-refractivity contribution in [2.75, 3.05) is 11.9 Å². The van der Waals surface area contributed by atoms with Crippen molar-refractivity contribution in [3.63, 3.8) is 0 Å². The predicted molar refractivity (Wildman–Crippen MR) is 78.3 cm³/mol. The molecule has 3 nitrogen and oxygen atoms in total. The summed E-state index contributed by atoms with van der Waals surface area (Å²) in [6.45, 7) is 2.76. The molecular formula is C12H13ClN2OS2. The lowest BCUT2D eigenvalue weighted by molar-refractivity contribution is 0.112. The van der Waals surface area contributed by atoms with E-state index in [-0.39, 0.29) is 0 Å². The van der Waals surface area contributed by atoms with Crippen molar-refractivity contribution >= 4 is 45.7 Å². The van der Waals surface area contributed by atoms with Gasteiger partial charge in [-0.1, -0.05) is 29.9 Å². The van der Waals surface area contributed by atoms with Gasteiger partial charge < -0.3 is 4.90 Å². The molecule has 0 aromatic carbocycles. The molecule has 2 rings (SSSR count). The van der Waals surface area contributed by atoms with Crippen molar-refractivity contribution in [2.24, 2.45) is 0 Å². The Morgan fingerprint density at radius 1 is 1.44 bits per heavy atom. The molecule has 2 aromatic heterocycles. The van der Waals surface area contributed by atoms with Gasteiger partial charge in [0.2, 0.25) is 0 Å². The average Bonchev–Trinajstić information content (AvgIpc) is 2.95. The van der Waals surface area contributed by atoms with E-state index in [1.54, 1.807) is 11.3 Å². The van der Waals surface area contributed by atoms with E-state index in [4.69, 9.17) is 11.6 Å². The molecule has 6 heteroatoms. The molecule has 0 spiro atoms. The number of carbonyl (C=O) groups is 1. The summed E-state index contributed by atoms with van der Waals surface area (Å²) < 4.78 is 0.792. The maximum Gasteiger partial charge on any atom is 0.186 e. The lowest BCUT2D eigenvalue weighted by Crippen LogP contribution is -2.15. The average molecular weight is 301 g/mol. The van der Waals surface area contributed by atoms with Gasteiger partial charge in [-0.2, -0.15) is 0 Å². The maximum absolute atomic E-state index is 10.9. The third-order valence-corrected chi connectivity index (χ3v) is 4.86. The monoisotopic (exact) mass is 300 g/mol. The Morgan fingerprint density at radius 2 is 2.22 bits per heavy atom. The van der Waals surface area contributed by atoms with Crippen LogP contribution in [0.3, 0.4) is 0 Å². The fourth-order valence-electron chi connectivity index (χ4n) is 1.60. The van der Waals surface area contributed by atoms with Crippen LogP contribution in [-0.2, 0) is 13.0 Å². The normalized spacial score (nSPS) is 10.6. The summed E-state index contributed by atoms with van der Waals surface area (Å²) in [5.41, 5.74) is 0.876. The third-order valence-electron chi connectivity index (χ3n) is 2.51. The van der Waals surface area contributed by atoms with E-state index >= 15 is 0 Å². The van der Waals surface area contributed by atoms with Crippen molar-refractivity contribution in [2.45, 2.75) is 19.9 Å². The zero-order valence-electron chi connectivity index (χ0n) is 10.1. The standard InChI is InChI=1S/C12H13ClN2OS2/c1-3-9-10(7-16)18-12(14-9)15(2)6-8-4-5-11(13)17-8/h4-5,7H,3,6H2,1-2H3. The number of anilines is 1. The van der Waals surface area contributed by atoms with Gasteiger partial charge in [0.05, 0.1) is 21.5 Å². The van der Waals surface area contributed by atoms with Gasteiger partial charge in [-0.3, -0.25) is 4.79 Å². The number of halogens is 1. The van der Waals surface area contributed by atoms with E-state index in [0.717, 1.165) is 39.3 Å². The second kappa shape index (κ2) is 5.82. The second-order valence-corrected chi connectivity index (χ2v) is 6.65. The van der Waals surface area contributed by atoms with Crippen LogP contribution in [0.5, 0.6) is 0 Å². The smallest absolute Gasteiger partial charge is 0.186 e. The Hall–Kier alpha value is -0.910. The zero-order chi connectivity index (χ0) is 13.1. The minimum absolute atomic E-state index is 0.726. The molecule has 0 aliphatic carbocycles. The van der Waals surface area contributed by atoms with Crippen molar-refractivity contribution in [1.29, 1.82) is 0 Å². The number of thiophene rings is 1. The van der Waals surface area contributed by atoms with E-state index < -0.39 is 0 Å². The minimum atomic E-state index is 0.726.